The van der Waals surface area contributed by atoms with Gasteiger partial charge in [0.25, 0.3) is 5.91 Å². The Bertz CT molecular complexity index is 1570. The van der Waals surface area contributed by atoms with Crippen LogP contribution in [0.5, 0.6) is 0 Å². The summed E-state index contributed by atoms with van der Waals surface area (Å²) in [5.74, 6) is -3.45. The fourth-order valence-electron chi connectivity index (χ4n) is 4.61. The molecule has 1 aliphatic rings. The Balaban J connectivity index is 1.61. The van der Waals surface area contributed by atoms with Crippen LogP contribution < -0.4 is 16.0 Å². The molecule has 1 aliphatic heterocycles. The van der Waals surface area contributed by atoms with Crippen molar-refractivity contribution in [1.29, 1.82) is 0 Å². The zero-order valence-corrected chi connectivity index (χ0v) is 23.6. The Morgan fingerprint density at radius 2 is 1.73 bits per heavy atom. The minimum absolute atomic E-state index is 0.0107. The van der Waals surface area contributed by atoms with Gasteiger partial charge >= 0.3 is 0 Å². The summed E-state index contributed by atoms with van der Waals surface area (Å²) in [5.41, 5.74) is 5.90. The van der Waals surface area contributed by atoms with Gasteiger partial charge in [-0.1, -0.05) is 0 Å². The van der Waals surface area contributed by atoms with Crippen LogP contribution in [0.15, 0.2) is 41.3 Å². The van der Waals surface area contributed by atoms with Crippen LogP contribution in [0.3, 0.4) is 0 Å². The van der Waals surface area contributed by atoms with Crippen LogP contribution in [-0.4, -0.2) is 73.9 Å². The second kappa shape index (κ2) is 10.6. The molecule has 2 amide bonds. The van der Waals surface area contributed by atoms with E-state index >= 15 is 0 Å². The fourth-order valence-corrected chi connectivity index (χ4v) is 6.38. The van der Waals surface area contributed by atoms with E-state index in [0.717, 1.165) is 23.0 Å². The molecule has 40 heavy (non-hydrogen) atoms. The number of halogens is 2. The van der Waals surface area contributed by atoms with E-state index in [4.69, 9.17) is 5.73 Å². The largest absolute Gasteiger partial charge is 0.373 e. The molecule has 2 aromatic carbocycles. The molecular formula is C26H31F2N7O4S. The number of primary amides is 1. The second-order valence-electron chi connectivity index (χ2n) is 10.4. The van der Waals surface area contributed by atoms with Crippen molar-refractivity contribution in [3.8, 4) is 0 Å². The van der Waals surface area contributed by atoms with Gasteiger partial charge in [-0.15, -0.1) is 0 Å². The van der Waals surface area contributed by atoms with Gasteiger partial charge in [0.15, 0.2) is 5.82 Å². The van der Waals surface area contributed by atoms with Crippen molar-refractivity contribution in [1.82, 2.24) is 19.4 Å². The van der Waals surface area contributed by atoms with Gasteiger partial charge in [0.05, 0.1) is 27.3 Å². The van der Waals surface area contributed by atoms with Crippen molar-refractivity contribution in [2.75, 3.05) is 44.4 Å². The standard InChI is InChI=1S/C26H31F2N7O4S/c1-26(2)22-21(14-35(26)40(38,39)18-11-15(27)10-16(28)12-18)24(32-31-22)30-25(37)19-7-6-17(13-20(19)23(29)36)34(5)9-8-33(3)4/h6-7,10-13H,8-9,14H2,1-5H3,(H2,29,36)(H2,30,31,32,37). The summed E-state index contributed by atoms with van der Waals surface area (Å²) in [7, 11) is 1.40. The summed E-state index contributed by atoms with van der Waals surface area (Å²) >= 11 is 0. The minimum Gasteiger partial charge on any atom is -0.373 e. The first-order valence-electron chi connectivity index (χ1n) is 12.3. The predicted octanol–water partition coefficient (Wildman–Crippen LogP) is 2.48. The van der Waals surface area contributed by atoms with Crippen molar-refractivity contribution in [2.24, 2.45) is 5.73 Å². The lowest BCUT2D eigenvalue weighted by atomic mass is 10.0. The number of hydrogen-bond acceptors (Lipinski definition) is 7. The molecule has 0 fully saturated rings. The molecule has 0 saturated heterocycles. The number of fused-ring (bicyclic) bond motifs is 1. The lowest BCUT2D eigenvalue weighted by molar-refractivity contribution is 0.0977. The van der Waals surface area contributed by atoms with Gasteiger partial charge in [-0.25, -0.2) is 17.2 Å². The molecule has 0 unspecified atom stereocenters. The molecule has 2 heterocycles. The maximum atomic E-state index is 13.8. The van der Waals surface area contributed by atoms with Crippen LogP contribution in [-0.2, 0) is 22.1 Å². The van der Waals surface area contributed by atoms with Crippen LogP contribution in [0.4, 0.5) is 20.3 Å². The Labute approximate surface area is 231 Å². The van der Waals surface area contributed by atoms with Crippen LogP contribution >= 0.6 is 0 Å². The highest BCUT2D eigenvalue weighted by Crippen LogP contribution is 2.44. The van der Waals surface area contributed by atoms with Gasteiger partial charge in [0, 0.05) is 44.0 Å². The van der Waals surface area contributed by atoms with Gasteiger partial charge in [0.2, 0.25) is 15.9 Å². The Kier molecular flexibility index (Phi) is 7.71. The summed E-state index contributed by atoms with van der Waals surface area (Å²) in [6.45, 7) is 4.42. The molecule has 1 aromatic heterocycles. The maximum absolute atomic E-state index is 13.8. The number of likely N-dealkylation sites (N-methyl/N-ethyl adjacent to an activating group) is 2. The molecular weight excluding hydrogens is 544 g/mol. The van der Waals surface area contributed by atoms with Gasteiger partial charge in [-0.3, -0.25) is 14.7 Å². The van der Waals surface area contributed by atoms with Crippen LogP contribution in [0.2, 0.25) is 0 Å². The Hall–Kier alpha value is -3.88. The third-order valence-corrected chi connectivity index (χ3v) is 8.89. The van der Waals surface area contributed by atoms with E-state index in [0.29, 0.717) is 29.6 Å². The molecule has 0 saturated carbocycles. The van der Waals surface area contributed by atoms with Crippen LogP contribution in [0, 0.1) is 11.6 Å². The summed E-state index contributed by atoms with van der Waals surface area (Å²) in [4.78, 5) is 28.9. The SMILES string of the molecule is CN(C)CCN(C)c1ccc(C(=O)Nc2n[nH]c3c2CN(S(=O)(=O)c2cc(F)cc(F)c2)C3(C)C)c(C(N)=O)c1. The predicted molar refractivity (Wildman–Crippen MR) is 145 cm³/mol. The first-order valence-corrected chi connectivity index (χ1v) is 13.7. The molecule has 4 N–H and O–H groups in total. The molecule has 0 atom stereocenters. The highest BCUT2D eigenvalue weighted by Gasteiger charge is 2.48. The number of carbonyl (C=O) groups excluding carboxylic acids is 2. The number of amides is 2. The third-order valence-electron chi connectivity index (χ3n) is 6.90. The average Bonchev–Trinajstić information content (AvgIpc) is 3.39. The molecule has 0 aliphatic carbocycles. The number of benzene rings is 2. The minimum atomic E-state index is -4.34. The summed E-state index contributed by atoms with van der Waals surface area (Å²) in [6.07, 6.45) is 0. The van der Waals surface area contributed by atoms with Crippen LogP contribution in [0.1, 0.15) is 45.8 Å². The molecule has 4 rings (SSSR count). The number of carbonyl (C=O) groups is 2. The zero-order valence-electron chi connectivity index (χ0n) is 22.7. The van der Waals surface area contributed by atoms with E-state index < -0.39 is 43.9 Å². The molecule has 0 bridgehead atoms. The van der Waals surface area contributed by atoms with E-state index in [1.165, 1.54) is 12.1 Å². The van der Waals surface area contributed by atoms with Crippen molar-refractivity contribution < 1.29 is 26.8 Å². The number of rotatable bonds is 9. The Morgan fingerprint density at radius 1 is 1.07 bits per heavy atom. The van der Waals surface area contributed by atoms with Crippen LogP contribution in [0.25, 0.3) is 0 Å². The van der Waals surface area contributed by atoms with Crippen molar-refractivity contribution in [3.05, 3.63) is 70.4 Å². The lowest BCUT2D eigenvalue weighted by Gasteiger charge is -2.30. The molecule has 14 heteroatoms. The second-order valence-corrected chi connectivity index (χ2v) is 12.2. The third kappa shape index (κ3) is 5.42. The number of aromatic amines is 1. The molecule has 0 radical (unpaired) electrons. The smallest absolute Gasteiger partial charge is 0.257 e. The molecule has 214 valence electrons. The van der Waals surface area contributed by atoms with Gasteiger partial charge in [-0.05, 0) is 58.3 Å². The topological polar surface area (TPSA) is 145 Å². The number of anilines is 2. The quantitative estimate of drug-likeness (QED) is 0.356. The number of nitrogens with one attached hydrogen (secondary N) is 2. The van der Waals surface area contributed by atoms with E-state index in [9.17, 15) is 26.8 Å². The maximum Gasteiger partial charge on any atom is 0.257 e. The number of sulfonamides is 1. The first-order chi connectivity index (χ1) is 18.6. The van der Waals surface area contributed by atoms with E-state index in [1.54, 1.807) is 19.9 Å². The van der Waals surface area contributed by atoms with E-state index in [2.05, 4.69) is 15.5 Å². The molecule has 3 aromatic rings. The number of aromatic nitrogens is 2. The zero-order chi connectivity index (χ0) is 29.6. The average molecular weight is 576 g/mol. The molecule has 11 nitrogen and oxygen atoms in total. The highest BCUT2D eigenvalue weighted by atomic mass is 32.2. The van der Waals surface area contributed by atoms with Crippen molar-refractivity contribution >= 4 is 33.3 Å². The number of nitrogens with zero attached hydrogens (tertiary/aromatic N) is 4. The Morgan fingerprint density at radius 3 is 2.33 bits per heavy atom. The summed E-state index contributed by atoms with van der Waals surface area (Å²) in [6, 6.07) is 6.80. The fraction of sp³-hybridized carbons (Fsp3) is 0.346. The lowest BCUT2D eigenvalue weighted by Crippen LogP contribution is -2.40. The van der Waals surface area contributed by atoms with E-state index in [1.807, 2.05) is 30.9 Å². The van der Waals surface area contributed by atoms with Gasteiger partial charge in [0.1, 0.15) is 11.6 Å². The number of hydrogen-bond donors (Lipinski definition) is 3. The van der Waals surface area contributed by atoms with Crippen molar-refractivity contribution in [3.63, 3.8) is 0 Å². The van der Waals surface area contributed by atoms with Gasteiger partial charge in [-0.2, -0.15) is 9.40 Å². The van der Waals surface area contributed by atoms with Crippen molar-refractivity contribution in [2.45, 2.75) is 30.8 Å². The van der Waals surface area contributed by atoms with E-state index in [-0.39, 0.29) is 23.5 Å². The summed E-state index contributed by atoms with van der Waals surface area (Å²) in [5, 5.41) is 9.56. The highest BCUT2D eigenvalue weighted by molar-refractivity contribution is 7.89. The summed E-state index contributed by atoms with van der Waals surface area (Å²) < 4.78 is 55.5. The van der Waals surface area contributed by atoms with Gasteiger partial charge < -0.3 is 20.9 Å². The normalized spacial score (nSPS) is 14.8. The first kappa shape index (κ1) is 29.1. The number of H-pyrrole nitrogens is 1. The molecule has 0 spiro atoms. The monoisotopic (exact) mass is 575 g/mol. The number of nitrogens with two attached hydrogens (primary N) is 1.